The first kappa shape index (κ1) is 12.2. The van der Waals surface area contributed by atoms with Crippen LogP contribution in [0.2, 0.25) is 0 Å². The molecule has 0 aliphatic heterocycles. The smallest absolute Gasteiger partial charge is 0.259 e. The molecule has 0 unspecified atom stereocenters. The quantitative estimate of drug-likeness (QED) is 0.783. The fourth-order valence-corrected chi connectivity index (χ4v) is 1.94. The summed E-state index contributed by atoms with van der Waals surface area (Å²) in [7, 11) is 1.61. The van der Waals surface area contributed by atoms with Gasteiger partial charge in [-0.05, 0) is 36.4 Å². The number of aromatic amines is 1. The maximum Gasteiger partial charge on any atom is 0.259 e. The second-order valence-electron chi connectivity index (χ2n) is 4.11. The molecule has 100 valence electrons. The van der Waals surface area contributed by atoms with E-state index in [4.69, 9.17) is 4.74 Å². The third-order valence-corrected chi connectivity index (χ3v) is 2.92. The number of benzene rings is 1. The van der Waals surface area contributed by atoms with Crippen LogP contribution in [-0.4, -0.2) is 26.9 Å². The highest BCUT2D eigenvalue weighted by Gasteiger charge is 2.12. The monoisotopic (exact) mass is 268 g/mol. The summed E-state index contributed by atoms with van der Waals surface area (Å²) in [5.41, 5.74) is 1.08. The van der Waals surface area contributed by atoms with Crippen LogP contribution in [-0.2, 0) is 0 Å². The van der Waals surface area contributed by atoms with Gasteiger partial charge in [0.05, 0.1) is 18.4 Å². The van der Waals surface area contributed by atoms with Crippen molar-refractivity contribution in [2.45, 2.75) is 0 Å². The minimum absolute atomic E-state index is 0.199. The highest BCUT2D eigenvalue weighted by atomic mass is 16.5. The van der Waals surface area contributed by atoms with Gasteiger partial charge in [-0.2, -0.15) is 5.10 Å². The molecule has 0 radical (unpaired) electrons. The predicted octanol–water partition coefficient (Wildman–Crippen LogP) is 1.63. The van der Waals surface area contributed by atoms with E-state index in [9.17, 15) is 4.79 Å². The van der Waals surface area contributed by atoms with Crippen LogP contribution in [0.15, 0.2) is 53.7 Å². The van der Waals surface area contributed by atoms with Gasteiger partial charge in [-0.3, -0.25) is 4.79 Å². The topological polar surface area (TPSA) is 72.8 Å². The van der Waals surface area contributed by atoms with E-state index in [1.54, 1.807) is 30.1 Å². The molecule has 2 heterocycles. The largest absolute Gasteiger partial charge is 0.497 e. The normalized spacial score (nSPS) is 10.4. The first-order valence-electron chi connectivity index (χ1n) is 6.02. The average molecular weight is 268 g/mol. The van der Waals surface area contributed by atoms with Gasteiger partial charge in [0.1, 0.15) is 12.1 Å². The van der Waals surface area contributed by atoms with Crippen molar-refractivity contribution in [3.05, 3.63) is 59.3 Å². The van der Waals surface area contributed by atoms with Gasteiger partial charge in [-0.15, -0.1) is 0 Å². The molecular formula is C14H12N4O2. The molecule has 1 aromatic carbocycles. The van der Waals surface area contributed by atoms with E-state index in [1.807, 2.05) is 24.3 Å². The lowest BCUT2D eigenvalue weighted by molar-refractivity contribution is 0.414. The molecule has 20 heavy (non-hydrogen) atoms. The molecule has 0 bridgehead atoms. The standard InChI is InChI=1S/C14H12N4O2/c1-20-11-6-4-10(5-7-11)18-13(16-9-17-18)12-3-2-8-15-14(12)19/h2-9H,1H3,(H,15,19). The summed E-state index contributed by atoms with van der Waals surface area (Å²) in [5, 5.41) is 4.17. The fraction of sp³-hybridized carbons (Fsp3) is 0.0714. The van der Waals surface area contributed by atoms with Crippen molar-refractivity contribution in [2.75, 3.05) is 7.11 Å². The molecule has 1 N–H and O–H groups in total. The number of ether oxygens (including phenoxy) is 1. The summed E-state index contributed by atoms with van der Waals surface area (Å²) in [5.74, 6) is 1.25. The van der Waals surface area contributed by atoms with Gasteiger partial charge in [-0.25, -0.2) is 9.67 Å². The number of nitrogens with zero attached hydrogens (tertiary/aromatic N) is 3. The Balaban J connectivity index is 2.10. The lowest BCUT2D eigenvalue weighted by atomic mass is 10.2. The van der Waals surface area contributed by atoms with E-state index in [0.717, 1.165) is 11.4 Å². The molecule has 0 aliphatic rings. The Morgan fingerprint density at radius 3 is 2.70 bits per heavy atom. The van der Waals surface area contributed by atoms with E-state index in [-0.39, 0.29) is 5.56 Å². The van der Waals surface area contributed by atoms with Gasteiger partial charge in [-0.1, -0.05) is 0 Å². The SMILES string of the molecule is COc1ccc(-n2ncnc2-c2ccc[nH]c2=O)cc1. The third-order valence-electron chi connectivity index (χ3n) is 2.92. The van der Waals surface area contributed by atoms with Crippen molar-refractivity contribution >= 4 is 0 Å². The van der Waals surface area contributed by atoms with Gasteiger partial charge in [0.15, 0.2) is 5.82 Å². The number of methoxy groups -OCH3 is 1. The summed E-state index contributed by atoms with van der Waals surface area (Å²) >= 11 is 0. The Bertz CT molecular complexity index is 774. The Hall–Kier alpha value is -2.89. The van der Waals surface area contributed by atoms with Gasteiger partial charge in [0, 0.05) is 6.20 Å². The zero-order valence-corrected chi connectivity index (χ0v) is 10.8. The van der Waals surface area contributed by atoms with E-state index < -0.39 is 0 Å². The van der Waals surface area contributed by atoms with Crippen LogP contribution < -0.4 is 10.3 Å². The lowest BCUT2D eigenvalue weighted by Crippen LogP contribution is -2.11. The zero-order valence-electron chi connectivity index (χ0n) is 10.8. The maximum atomic E-state index is 11.8. The summed E-state index contributed by atoms with van der Waals surface area (Å²) in [6.45, 7) is 0. The van der Waals surface area contributed by atoms with Crippen molar-refractivity contribution in [2.24, 2.45) is 0 Å². The van der Waals surface area contributed by atoms with Crippen LogP contribution in [0.3, 0.4) is 0 Å². The zero-order chi connectivity index (χ0) is 13.9. The van der Waals surface area contributed by atoms with Crippen LogP contribution in [0.4, 0.5) is 0 Å². The predicted molar refractivity (Wildman–Crippen MR) is 74.0 cm³/mol. The molecule has 0 saturated heterocycles. The molecule has 0 saturated carbocycles. The molecule has 6 nitrogen and oxygen atoms in total. The van der Waals surface area contributed by atoms with E-state index >= 15 is 0 Å². The van der Waals surface area contributed by atoms with Crippen molar-refractivity contribution in [3.63, 3.8) is 0 Å². The summed E-state index contributed by atoms with van der Waals surface area (Å²) in [6.07, 6.45) is 3.01. The molecule has 6 heteroatoms. The minimum Gasteiger partial charge on any atom is -0.497 e. The van der Waals surface area contributed by atoms with Crippen molar-refractivity contribution < 1.29 is 4.74 Å². The Morgan fingerprint density at radius 2 is 2.00 bits per heavy atom. The molecular weight excluding hydrogens is 256 g/mol. The first-order valence-corrected chi connectivity index (χ1v) is 6.02. The van der Waals surface area contributed by atoms with E-state index in [0.29, 0.717) is 11.4 Å². The van der Waals surface area contributed by atoms with Crippen molar-refractivity contribution in [3.8, 4) is 22.8 Å². The molecule has 0 fully saturated rings. The Morgan fingerprint density at radius 1 is 1.20 bits per heavy atom. The minimum atomic E-state index is -0.199. The second kappa shape index (κ2) is 5.00. The molecule has 0 amide bonds. The number of hydrogen-bond donors (Lipinski definition) is 1. The Kier molecular flexibility index (Phi) is 3.04. The molecule has 0 aliphatic carbocycles. The van der Waals surface area contributed by atoms with Gasteiger partial charge in [0.25, 0.3) is 5.56 Å². The third kappa shape index (κ3) is 2.07. The first-order chi connectivity index (χ1) is 9.79. The van der Waals surface area contributed by atoms with Crippen LogP contribution >= 0.6 is 0 Å². The van der Waals surface area contributed by atoms with Crippen LogP contribution in [0.5, 0.6) is 5.75 Å². The van der Waals surface area contributed by atoms with Crippen LogP contribution in [0, 0.1) is 0 Å². The van der Waals surface area contributed by atoms with Gasteiger partial charge < -0.3 is 9.72 Å². The van der Waals surface area contributed by atoms with Crippen molar-refractivity contribution in [1.82, 2.24) is 19.7 Å². The van der Waals surface area contributed by atoms with Crippen LogP contribution in [0.1, 0.15) is 0 Å². The number of aromatic nitrogens is 4. The highest BCUT2D eigenvalue weighted by molar-refractivity contribution is 5.56. The number of H-pyrrole nitrogens is 1. The second-order valence-corrected chi connectivity index (χ2v) is 4.11. The van der Waals surface area contributed by atoms with E-state index in [1.165, 1.54) is 6.33 Å². The Labute approximate surface area is 114 Å². The number of nitrogens with one attached hydrogen (secondary N) is 1. The highest BCUT2D eigenvalue weighted by Crippen LogP contribution is 2.19. The number of hydrogen-bond acceptors (Lipinski definition) is 4. The molecule has 0 spiro atoms. The molecule has 2 aromatic heterocycles. The molecule has 3 aromatic rings. The summed E-state index contributed by atoms with van der Waals surface area (Å²) < 4.78 is 6.74. The van der Waals surface area contributed by atoms with Gasteiger partial charge in [0.2, 0.25) is 0 Å². The van der Waals surface area contributed by atoms with Crippen LogP contribution in [0.25, 0.3) is 17.1 Å². The van der Waals surface area contributed by atoms with Crippen molar-refractivity contribution in [1.29, 1.82) is 0 Å². The van der Waals surface area contributed by atoms with Gasteiger partial charge >= 0.3 is 0 Å². The lowest BCUT2D eigenvalue weighted by Gasteiger charge is -2.06. The summed E-state index contributed by atoms with van der Waals surface area (Å²) in [6, 6.07) is 10.8. The molecule has 0 atom stereocenters. The fourth-order valence-electron chi connectivity index (χ4n) is 1.94. The molecule has 3 rings (SSSR count). The number of pyridine rings is 1. The van der Waals surface area contributed by atoms with E-state index in [2.05, 4.69) is 15.1 Å². The maximum absolute atomic E-state index is 11.8. The number of rotatable bonds is 3. The average Bonchev–Trinajstić information content (AvgIpc) is 2.97. The summed E-state index contributed by atoms with van der Waals surface area (Å²) in [4.78, 5) is 18.6.